The van der Waals surface area contributed by atoms with Crippen molar-refractivity contribution in [2.75, 3.05) is 18.0 Å². The number of ether oxygens (including phenoxy) is 1. The fourth-order valence-electron chi connectivity index (χ4n) is 4.91. The van der Waals surface area contributed by atoms with Crippen molar-refractivity contribution in [2.45, 2.75) is 52.6 Å². The second-order valence-corrected chi connectivity index (χ2v) is 10.0. The van der Waals surface area contributed by atoms with Gasteiger partial charge in [-0.15, -0.1) is 0 Å². The van der Waals surface area contributed by atoms with Crippen molar-refractivity contribution in [2.24, 2.45) is 0 Å². The van der Waals surface area contributed by atoms with Crippen LogP contribution in [-0.2, 0) is 11.3 Å². The number of aromatic nitrogens is 3. The lowest BCUT2D eigenvalue weighted by atomic mass is 10.0. The topological polar surface area (TPSA) is 100 Å². The SMILES string of the molecule is Cc1ccc(C(=O)NCc2cc3nc(-c4cccc(N5C[C@@H](C)O[C@@H](C)C5)n4)ccc3cn2)cc1[C@H](C)O. The number of aryl methyl sites for hydroxylation is 1. The predicted molar refractivity (Wildman–Crippen MR) is 148 cm³/mol. The molecule has 0 unspecified atom stereocenters. The van der Waals surface area contributed by atoms with Gasteiger partial charge in [0.15, 0.2) is 0 Å². The number of hydrogen-bond acceptors (Lipinski definition) is 7. The minimum absolute atomic E-state index is 0.153. The smallest absolute Gasteiger partial charge is 0.251 e. The first-order valence-corrected chi connectivity index (χ1v) is 13.0. The predicted octanol–water partition coefficient (Wildman–Crippen LogP) is 4.60. The van der Waals surface area contributed by atoms with Crippen LogP contribution in [0.15, 0.2) is 60.8 Å². The number of rotatable bonds is 6. The van der Waals surface area contributed by atoms with Gasteiger partial charge in [-0.2, -0.15) is 0 Å². The number of carbonyl (C=O) groups is 1. The van der Waals surface area contributed by atoms with Gasteiger partial charge >= 0.3 is 0 Å². The Morgan fingerprint density at radius 3 is 2.61 bits per heavy atom. The van der Waals surface area contributed by atoms with Gasteiger partial charge in [-0.25, -0.2) is 9.97 Å². The molecule has 3 atom stereocenters. The van der Waals surface area contributed by atoms with Gasteiger partial charge in [0.25, 0.3) is 5.91 Å². The van der Waals surface area contributed by atoms with Crippen LogP contribution in [0, 0.1) is 6.92 Å². The van der Waals surface area contributed by atoms with E-state index in [1.807, 2.05) is 49.4 Å². The normalized spacial score (nSPS) is 18.4. The maximum absolute atomic E-state index is 12.8. The van der Waals surface area contributed by atoms with Crippen LogP contribution in [-0.4, -0.2) is 51.3 Å². The van der Waals surface area contributed by atoms with Crippen molar-refractivity contribution < 1.29 is 14.6 Å². The lowest BCUT2D eigenvalue weighted by molar-refractivity contribution is -0.00545. The molecule has 0 radical (unpaired) electrons. The molecular formula is C30H33N5O3. The number of fused-ring (bicyclic) bond motifs is 1. The molecule has 0 bridgehead atoms. The summed E-state index contributed by atoms with van der Waals surface area (Å²) in [5.74, 6) is 0.697. The maximum Gasteiger partial charge on any atom is 0.251 e. The number of pyridine rings is 3. The van der Waals surface area contributed by atoms with Crippen molar-refractivity contribution in [3.05, 3.63) is 83.2 Å². The lowest BCUT2D eigenvalue weighted by Crippen LogP contribution is -2.45. The van der Waals surface area contributed by atoms with Crippen LogP contribution in [0.2, 0.25) is 0 Å². The number of amides is 1. The number of aliphatic hydroxyl groups is 1. The number of nitrogens with one attached hydrogen (secondary N) is 1. The van der Waals surface area contributed by atoms with E-state index in [0.29, 0.717) is 11.3 Å². The zero-order chi connectivity index (χ0) is 26.8. The number of nitrogens with zero attached hydrogens (tertiary/aromatic N) is 4. The van der Waals surface area contributed by atoms with Crippen LogP contribution in [0.4, 0.5) is 5.82 Å². The Morgan fingerprint density at radius 1 is 1.08 bits per heavy atom. The van der Waals surface area contributed by atoms with Crippen molar-refractivity contribution in [1.82, 2.24) is 20.3 Å². The van der Waals surface area contributed by atoms with Crippen LogP contribution in [0.1, 0.15) is 54.1 Å². The summed E-state index contributed by atoms with van der Waals surface area (Å²) < 4.78 is 5.87. The number of benzene rings is 1. The van der Waals surface area contributed by atoms with E-state index in [0.717, 1.165) is 52.3 Å². The molecule has 5 rings (SSSR count). The molecule has 1 saturated heterocycles. The third-order valence-electron chi connectivity index (χ3n) is 6.79. The van der Waals surface area contributed by atoms with E-state index in [-0.39, 0.29) is 24.7 Å². The van der Waals surface area contributed by atoms with Gasteiger partial charge < -0.3 is 20.1 Å². The molecule has 0 spiro atoms. The molecule has 1 aliphatic rings. The van der Waals surface area contributed by atoms with Gasteiger partial charge in [0, 0.05) is 30.2 Å². The van der Waals surface area contributed by atoms with E-state index < -0.39 is 6.10 Å². The number of hydrogen-bond donors (Lipinski definition) is 2. The molecule has 1 aliphatic heterocycles. The Kier molecular flexibility index (Phi) is 7.35. The summed E-state index contributed by atoms with van der Waals surface area (Å²) in [6.07, 6.45) is 1.44. The average molecular weight is 512 g/mol. The summed E-state index contributed by atoms with van der Waals surface area (Å²) >= 11 is 0. The molecule has 8 heteroatoms. The summed E-state index contributed by atoms with van der Waals surface area (Å²) in [4.78, 5) is 29.3. The molecule has 3 aromatic heterocycles. The molecule has 2 N–H and O–H groups in total. The molecule has 4 aromatic rings. The largest absolute Gasteiger partial charge is 0.389 e. The number of carbonyl (C=O) groups excluding carboxylic acids is 1. The van der Waals surface area contributed by atoms with Crippen LogP contribution in [0.3, 0.4) is 0 Å². The summed E-state index contributed by atoms with van der Waals surface area (Å²) in [7, 11) is 0. The van der Waals surface area contributed by atoms with Crippen molar-refractivity contribution in [1.29, 1.82) is 0 Å². The zero-order valence-electron chi connectivity index (χ0n) is 22.2. The van der Waals surface area contributed by atoms with E-state index in [2.05, 4.69) is 29.0 Å². The van der Waals surface area contributed by atoms with E-state index in [1.54, 1.807) is 25.3 Å². The van der Waals surface area contributed by atoms with Gasteiger partial charge in [-0.1, -0.05) is 12.1 Å². The highest BCUT2D eigenvalue weighted by molar-refractivity contribution is 5.94. The van der Waals surface area contributed by atoms with Gasteiger partial charge in [0.1, 0.15) is 5.82 Å². The quantitative estimate of drug-likeness (QED) is 0.390. The highest BCUT2D eigenvalue weighted by atomic mass is 16.5. The van der Waals surface area contributed by atoms with E-state index in [9.17, 15) is 9.90 Å². The molecule has 0 saturated carbocycles. The van der Waals surface area contributed by atoms with Crippen LogP contribution in [0.25, 0.3) is 22.3 Å². The minimum Gasteiger partial charge on any atom is -0.389 e. The number of aliphatic hydroxyl groups excluding tert-OH is 1. The van der Waals surface area contributed by atoms with Crippen LogP contribution >= 0.6 is 0 Å². The summed E-state index contributed by atoms with van der Waals surface area (Å²) in [6.45, 7) is 9.64. The van der Waals surface area contributed by atoms with Gasteiger partial charge in [0.05, 0.1) is 47.5 Å². The van der Waals surface area contributed by atoms with E-state index in [1.165, 1.54) is 0 Å². The van der Waals surface area contributed by atoms with Crippen LogP contribution < -0.4 is 10.2 Å². The zero-order valence-corrected chi connectivity index (χ0v) is 22.2. The van der Waals surface area contributed by atoms with Gasteiger partial charge in [-0.05, 0) is 81.3 Å². The van der Waals surface area contributed by atoms with E-state index >= 15 is 0 Å². The minimum atomic E-state index is -0.638. The molecule has 0 aliphatic carbocycles. The first-order chi connectivity index (χ1) is 18.3. The molecule has 196 valence electrons. The molecular weight excluding hydrogens is 478 g/mol. The van der Waals surface area contributed by atoms with Crippen molar-refractivity contribution in [3.63, 3.8) is 0 Å². The Bertz CT molecular complexity index is 1460. The Morgan fingerprint density at radius 2 is 1.84 bits per heavy atom. The molecule has 8 nitrogen and oxygen atoms in total. The van der Waals surface area contributed by atoms with Gasteiger partial charge in [-0.3, -0.25) is 9.78 Å². The Balaban J connectivity index is 1.33. The highest BCUT2D eigenvalue weighted by Crippen LogP contribution is 2.24. The number of morpholine rings is 1. The second kappa shape index (κ2) is 10.8. The lowest BCUT2D eigenvalue weighted by Gasteiger charge is -2.36. The third-order valence-corrected chi connectivity index (χ3v) is 6.79. The first-order valence-electron chi connectivity index (χ1n) is 13.0. The fraction of sp³-hybridized carbons (Fsp3) is 0.333. The maximum atomic E-state index is 12.8. The number of anilines is 1. The van der Waals surface area contributed by atoms with Crippen LogP contribution in [0.5, 0.6) is 0 Å². The highest BCUT2D eigenvalue weighted by Gasteiger charge is 2.23. The molecule has 38 heavy (non-hydrogen) atoms. The summed E-state index contributed by atoms with van der Waals surface area (Å²) in [5, 5.41) is 13.8. The molecule has 4 heterocycles. The Hall–Kier alpha value is -3.88. The monoisotopic (exact) mass is 511 g/mol. The molecule has 1 amide bonds. The fourth-order valence-corrected chi connectivity index (χ4v) is 4.91. The average Bonchev–Trinajstić information content (AvgIpc) is 2.91. The molecule has 1 fully saturated rings. The van der Waals surface area contributed by atoms with Crippen molar-refractivity contribution in [3.8, 4) is 11.4 Å². The Labute approximate surface area is 222 Å². The first kappa shape index (κ1) is 25.8. The summed E-state index contributed by atoms with van der Waals surface area (Å²) in [6, 6.07) is 17.2. The third kappa shape index (κ3) is 5.66. The van der Waals surface area contributed by atoms with E-state index in [4.69, 9.17) is 14.7 Å². The van der Waals surface area contributed by atoms with Crippen molar-refractivity contribution >= 4 is 22.6 Å². The molecule has 1 aromatic carbocycles. The van der Waals surface area contributed by atoms with Gasteiger partial charge in [0.2, 0.25) is 0 Å². The standard InChI is InChI=1S/C30H33N5O3/c1-18-8-9-22(12-25(18)21(4)36)30(37)32-15-24-13-28-23(14-31-24)10-11-27(33-28)26-6-5-7-29(34-26)35-16-19(2)38-20(3)17-35/h5-14,19-21,36H,15-17H2,1-4H3,(H,32,37)/t19-,20+,21-/m0/s1. The summed E-state index contributed by atoms with van der Waals surface area (Å²) in [5.41, 5.74) is 5.27. The second-order valence-electron chi connectivity index (χ2n) is 10.0.